The molecule has 16 heavy (non-hydrogen) atoms. The summed E-state index contributed by atoms with van der Waals surface area (Å²) in [4.78, 5) is 21.1. The van der Waals surface area contributed by atoms with Gasteiger partial charge in [-0.05, 0) is 12.3 Å². The highest BCUT2D eigenvalue weighted by Crippen LogP contribution is 2.18. The summed E-state index contributed by atoms with van der Waals surface area (Å²) in [6.07, 6.45) is 2.08. The summed E-state index contributed by atoms with van der Waals surface area (Å²) in [5.41, 5.74) is -0.432. The van der Waals surface area contributed by atoms with Crippen LogP contribution in [-0.2, 0) is 0 Å². The summed E-state index contributed by atoms with van der Waals surface area (Å²) in [6, 6.07) is 3.07. The zero-order valence-corrected chi connectivity index (χ0v) is 9.42. The molecule has 4 nitrogen and oxygen atoms in total. The van der Waals surface area contributed by atoms with E-state index in [1.165, 1.54) is 11.8 Å². The van der Waals surface area contributed by atoms with Crippen LogP contribution in [-0.4, -0.2) is 22.7 Å². The van der Waals surface area contributed by atoms with Gasteiger partial charge in [-0.15, -0.1) is 0 Å². The summed E-state index contributed by atoms with van der Waals surface area (Å²) >= 11 is 1.49. The molecule has 0 amide bonds. The molecular formula is C10H10FNO3S. The smallest absolute Gasteiger partial charge is 0.272 e. The second kappa shape index (κ2) is 5.60. The topological polar surface area (TPSA) is 60.2 Å². The summed E-state index contributed by atoms with van der Waals surface area (Å²) in [7, 11) is 0. The molecule has 1 rings (SSSR count). The van der Waals surface area contributed by atoms with Gasteiger partial charge in [0.05, 0.1) is 16.6 Å². The van der Waals surface area contributed by atoms with E-state index in [9.17, 15) is 19.3 Å². The zero-order valence-electron chi connectivity index (χ0n) is 8.60. The molecule has 0 aliphatic rings. The number of Topliss-reactive ketones (excluding diaryl/α,β-unsaturated/α-hetero) is 1. The van der Waals surface area contributed by atoms with Crippen molar-refractivity contribution in [2.75, 3.05) is 12.0 Å². The van der Waals surface area contributed by atoms with Crippen LogP contribution in [0, 0.1) is 15.9 Å². The van der Waals surface area contributed by atoms with E-state index in [1.807, 2.05) is 6.26 Å². The highest BCUT2D eigenvalue weighted by Gasteiger charge is 2.15. The average Bonchev–Trinajstić information content (AvgIpc) is 2.25. The molecule has 1 aromatic carbocycles. The Morgan fingerprint density at radius 3 is 2.75 bits per heavy atom. The first kappa shape index (κ1) is 12.6. The lowest BCUT2D eigenvalue weighted by molar-refractivity contribution is -0.385. The number of carbonyl (C=O) groups excluding carboxylic acids is 1. The zero-order chi connectivity index (χ0) is 12.1. The maximum atomic E-state index is 13.4. The minimum Gasteiger partial charge on any atom is -0.294 e. The second-order valence-electron chi connectivity index (χ2n) is 3.09. The minimum absolute atomic E-state index is 0.0837. The van der Waals surface area contributed by atoms with E-state index < -0.39 is 10.7 Å². The maximum Gasteiger partial charge on any atom is 0.272 e. The SMILES string of the molecule is CSCCC(=O)c1ccc([N+](=O)[O-])cc1F. The molecule has 0 atom stereocenters. The predicted molar refractivity (Wildman–Crippen MR) is 60.4 cm³/mol. The van der Waals surface area contributed by atoms with Crippen molar-refractivity contribution in [2.45, 2.75) is 6.42 Å². The number of nitrogens with zero attached hydrogens (tertiary/aromatic N) is 1. The fourth-order valence-corrected chi connectivity index (χ4v) is 1.56. The number of hydrogen-bond donors (Lipinski definition) is 0. The van der Waals surface area contributed by atoms with Crippen LogP contribution in [0.25, 0.3) is 0 Å². The molecule has 0 saturated carbocycles. The molecule has 1 aromatic rings. The van der Waals surface area contributed by atoms with E-state index in [2.05, 4.69) is 0 Å². The third-order valence-corrected chi connectivity index (χ3v) is 2.61. The van der Waals surface area contributed by atoms with Gasteiger partial charge in [0.1, 0.15) is 5.82 Å². The predicted octanol–water partition coefficient (Wildman–Crippen LogP) is 2.67. The van der Waals surface area contributed by atoms with Crippen LogP contribution in [0.15, 0.2) is 18.2 Å². The van der Waals surface area contributed by atoms with Gasteiger partial charge in [-0.2, -0.15) is 11.8 Å². The fraction of sp³-hybridized carbons (Fsp3) is 0.300. The Bertz CT molecular complexity index is 423. The van der Waals surface area contributed by atoms with Crippen LogP contribution in [0.1, 0.15) is 16.8 Å². The van der Waals surface area contributed by atoms with E-state index in [0.717, 1.165) is 18.2 Å². The molecule has 0 saturated heterocycles. The van der Waals surface area contributed by atoms with Crippen LogP contribution in [0.3, 0.4) is 0 Å². The van der Waals surface area contributed by atoms with Crippen LogP contribution in [0.5, 0.6) is 0 Å². The Labute approximate surface area is 96.0 Å². The van der Waals surface area contributed by atoms with Crippen LogP contribution in [0.4, 0.5) is 10.1 Å². The number of ketones is 1. The Kier molecular flexibility index (Phi) is 4.42. The van der Waals surface area contributed by atoms with Crippen molar-refractivity contribution in [1.82, 2.24) is 0 Å². The second-order valence-corrected chi connectivity index (χ2v) is 4.07. The number of halogens is 1. The molecular weight excluding hydrogens is 233 g/mol. The largest absolute Gasteiger partial charge is 0.294 e. The van der Waals surface area contributed by atoms with E-state index in [-0.39, 0.29) is 23.5 Å². The number of benzene rings is 1. The first-order chi connectivity index (χ1) is 7.56. The van der Waals surface area contributed by atoms with E-state index in [0.29, 0.717) is 5.75 Å². The highest BCUT2D eigenvalue weighted by molar-refractivity contribution is 7.98. The molecule has 0 radical (unpaired) electrons. The van der Waals surface area contributed by atoms with Gasteiger partial charge in [0.25, 0.3) is 5.69 Å². The van der Waals surface area contributed by atoms with Gasteiger partial charge in [0, 0.05) is 18.2 Å². The van der Waals surface area contributed by atoms with Gasteiger partial charge in [-0.1, -0.05) is 0 Å². The number of carbonyl (C=O) groups is 1. The van der Waals surface area contributed by atoms with Crippen LogP contribution in [0.2, 0.25) is 0 Å². The van der Waals surface area contributed by atoms with Crippen molar-refractivity contribution in [3.05, 3.63) is 39.7 Å². The Hall–Kier alpha value is -1.43. The summed E-state index contributed by atoms with van der Waals surface area (Å²) in [6.45, 7) is 0. The maximum absolute atomic E-state index is 13.4. The van der Waals surface area contributed by atoms with Gasteiger partial charge in [-0.3, -0.25) is 14.9 Å². The Balaban J connectivity index is 2.90. The van der Waals surface area contributed by atoms with E-state index >= 15 is 0 Å². The van der Waals surface area contributed by atoms with Crippen molar-refractivity contribution in [1.29, 1.82) is 0 Å². The Morgan fingerprint density at radius 1 is 1.56 bits per heavy atom. The molecule has 0 unspecified atom stereocenters. The normalized spacial score (nSPS) is 10.1. The van der Waals surface area contributed by atoms with Gasteiger partial charge >= 0.3 is 0 Å². The van der Waals surface area contributed by atoms with Gasteiger partial charge in [0.15, 0.2) is 5.78 Å². The molecule has 0 aliphatic carbocycles. The molecule has 0 fully saturated rings. The fourth-order valence-electron chi connectivity index (χ4n) is 1.17. The van der Waals surface area contributed by atoms with Gasteiger partial charge < -0.3 is 0 Å². The van der Waals surface area contributed by atoms with Crippen LogP contribution < -0.4 is 0 Å². The number of nitro groups is 1. The third-order valence-electron chi connectivity index (χ3n) is 2.00. The van der Waals surface area contributed by atoms with Crippen molar-refractivity contribution in [2.24, 2.45) is 0 Å². The van der Waals surface area contributed by atoms with E-state index in [1.54, 1.807) is 0 Å². The van der Waals surface area contributed by atoms with Crippen molar-refractivity contribution < 1.29 is 14.1 Å². The molecule has 0 heterocycles. The summed E-state index contributed by atoms with van der Waals surface area (Å²) in [5, 5.41) is 10.4. The highest BCUT2D eigenvalue weighted by atomic mass is 32.2. The molecule has 0 N–H and O–H groups in total. The number of hydrogen-bond acceptors (Lipinski definition) is 4. The number of nitro benzene ring substituents is 1. The van der Waals surface area contributed by atoms with Crippen molar-refractivity contribution >= 4 is 23.2 Å². The third kappa shape index (κ3) is 3.03. The van der Waals surface area contributed by atoms with Crippen molar-refractivity contribution in [3.63, 3.8) is 0 Å². The summed E-state index contributed by atoms with van der Waals surface area (Å²) in [5.74, 6) is -0.558. The Morgan fingerprint density at radius 2 is 2.25 bits per heavy atom. The average molecular weight is 243 g/mol. The first-order valence-electron chi connectivity index (χ1n) is 4.52. The lowest BCUT2D eigenvalue weighted by Crippen LogP contribution is -2.04. The molecule has 0 spiro atoms. The number of thioether (sulfide) groups is 1. The molecule has 6 heteroatoms. The summed E-state index contributed by atoms with van der Waals surface area (Å²) < 4.78 is 13.4. The standard InChI is InChI=1S/C10H10FNO3S/c1-16-5-4-10(13)8-3-2-7(12(14)15)6-9(8)11/h2-3,6H,4-5H2,1H3. The lowest BCUT2D eigenvalue weighted by Gasteiger charge is -2.01. The lowest BCUT2D eigenvalue weighted by atomic mass is 10.1. The van der Waals surface area contributed by atoms with Gasteiger partial charge in [-0.25, -0.2) is 4.39 Å². The first-order valence-corrected chi connectivity index (χ1v) is 5.91. The molecule has 0 aromatic heterocycles. The number of rotatable bonds is 5. The van der Waals surface area contributed by atoms with Crippen LogP contribution >= 0.6 is 11.8 Å². The molecule has 0 aliphatic heterocycles. The molecule has 86 valence electrons. The number of non-ortho nitro benzene ring substituents is 1. The minimum atomic E-state index is -0.833. The molecule has 0 bridgehead atoms. The van der Waals surface area contributed by atoms with Gasteiger partial charge in [0.2, 0.25) is 0 Å². The monoisotopic (exact) mass is 243 g/mol. The van der Waals surface area contributed by atoms with Crippen molar-refractivity contribution in [3.8, 4) is 0 Å². The quantitative estimate of drug-likeness (QED) is 0.453. The van der Waals surface area contributed by atoms with E-state index in [4.69, 9.17) is 0 Å².